The van der Waals surface area contributed by atoms with Gasteiger partial charge in [-0.25, -0.2) is 14.6 Å². The Hall–Kier alpha value is -2.28. The van der Waals surface area contributed by atoms with Crippen LogP contribution in [-0.4, -0.2) is 64.9 Å². The molecular formula is C31H50N2O10. The molecule has 12 nitrogen and oxygen atoms in total. The molecular weight excluding hydrogens is 560 g/mol. The highest BCUT2D eigenvalue weighted by Gasteiger charge is 2.69. The lowest BCUT2D eigenvalue weighted by atomic mass is 9.58. The van der Waals surface area contributed by atoms with E-state index >= 15 is 0 Å². The molecule has 2 amide bonds. The van der Waals surface area contributed by atoms with E-state index in [0.29, 0.717) is 18.8 Å². The molecule has 4 aliphatic heterocycles. The number of hydrogen-bond donors (Lipinski definition) is 3. The topological polar surface area (TPSA) is 159 Å². The van der Waals surface area contributed by atoms with Crippen LogP contribution in [0, 0.1) is 35.5 Å². The number of nitrogens with one attached hydrogen (secondary N) is 2. The standard InChI is InChI=1S/C31H50N2O10/c1-16(2)14-22(26(36)33-23(27(37)38)15-17(3)4)32-24(34)10-11-25(35)39-28-19(6)21-9-8-18(5)20-12-13-30(7)41-29(40-28)31(20,21)43-42-30/h16-23,28-29H,8-15H2,1-7H3,(H,32,34)(H,33,36)(H,37,38)/t18-,19-,20+,21+,22+,23+,28-,29-,30?,31-/m1/s1. The smallest absolute Gasteiger partial charge is 0.326 e. The van der Waals surface area contributed by atoms with E-state index in [1.807, 2.05) is 41.5 Å². The molecule has 10 atom stereocenters. The van der Waals surface area contributed by atoms with Crippen LogP contribution >= 0.6 is 0 Å². The van der Waals surface area contributed by atoms with Crippen LogP contribution in [0.5, 0.6) is 0 Å². The van der Waals surface area contributed by atoms with Gasteiger partial charge in [-0.1, -0.05) is 41.5 Å². The zero-order chi connectivity index (χ0) is 31.7. The Morgan fingerprint density at radius 2 is 1.58 bits per heavy atom. The van der Waals surface area contributed by atoms with Crippen LogP contribution in [0.4, 0.5) is 0 Å². The van der Waals surface area contributed by atoms with E-state index in [9.17, 15) is 24.3 Å². The van der Waals surface area contributed by atoms with E-state index in [1.54, 1.807) is 0 Å². The molecule has 5 rings (SSSR count). The van der Waals surface area contributed by atoms with Gasteiger partial charge in [-0.05, 0) is 62.7 Å². The summed E-state index contributed by atoms with van der Waals surface area (Å²) in [4.78, 5) is 62.3. The summed E-state index contributed by atoms with van der Waals surface area (Å²) in [5, 5.41) is 14.7. The summed E-state index contributed by atoms with van der Waals surface area (Å²) in [6, 6.07) is -1.98. The van der Waals surface area contributed by atoms with Crippen molar-refractivity contribution in [2.24, 2.45) is 35.5 Å². The molecule has 0 radical (unpaired) electrons. The molecule has 4 heterocycles. The zero-order valence-corrected chi connectivity index (χ0v) is 26.6. The van der Waals surface area contributed by atoms with Crippen molar-refractivity contribution >= 4 is 23.8 Å². The van der Waals surface area contributed by atoms with Crippen molar-refractivity contribution in [1.82, 2.24) is 10.6 Å². The quantitative estimate of drug-likeness (QED) is 0.220. The minimum absolute atomic E-state index is 0.00294. The lowest BCUT2D eigenvalue weighted by molar-refractivity contribution is -0.576. The van der Waals surface area contributed by atoms with Crippen LogP contribution in [0.15, 0.2) is 0 Å². The highest BCUT2D eigenvalue weighted by Crippen LogP contribution is 2.60. The van der Waals surface area contributed by atoms with Crippen LogP contribution in [-0.2, 0) is 43.2 Å². The zero-order valence-electron chi connectivity index (χ0n) is 26.6. The Balaban J connectivity index is 1.34. The summed E-state index contributed by atoms with van der Waals surface area (Å²) in [5.41, 5.74) is -0.767. The maximum atomic E-state index is 12.9. The van der Waals surface area contributed by atoms with Gasteiger partial charge in [0.15, 0.2) is 11.9 Å². The second-order valence-corrected chi connectivity index (χ2v) is 14.0. The number of fused-ring (bicyclic) bond motifs is 2. The summed E-state index contributed by atoms with van der Waals surface area (Å²) < 4.78 is 18.4. The maximum absolute atomic E-state index is 12.9. The summed E-state index contributed by atoms with van der Waals surface area (Å²) in [6.07, 6.45) is 2.01. The summed E-state index contributed by atoms with van der Waals surface area (Å²) in [5.74, 6) is -3.21. The van der Waals surface area contributed by atoms with Gasteiger partial charge in [0.25, 0.3) is 0 Å². The van der Waals surface area contributed by atoms with E-state index in [1.165, 1.54) is 0 Å². The minimum atomic E-state index is -1.13. The van der Waals surface area contributed by atoms with E-state index in [0.717, 1.165) is 19.3 Å². The van der Waals surface area contributed by atoms with Crippen LogP contribution < -0.4 is 10.6 Å². The number of amides is 2. The predicted octanol–water partition coefficient (Wildman–Crippen LogP) is 3.66. The molecule has 244 valence electrons. The van der Waals surface area contributed by atoms with Gasteiger partial charge in [0.2, 0.25) is 23.9 Å². The Kier molecular flexibility index (Phi) is 10.5. The van der Waals surface area contributed by atoms with Crippen molar-refractivity contribution in [2.45, 2.75) is 136 Å². The number of hydrogen-bond acceptors (Lipinski definition) is 9. The molecule has 0 aromatic carbocycles. The molecule has 1 aliphatic carbocycles. The highest BCUT2D eigenvalue weighted by molar-refractivity contribution is 5.91. The molecule has 0 aromatic heterocycles. The van der Waals surface area contributed by atoms with Crippen LogP contribution in [0.1, 0.15) is 99.8 Å². The van der Waals surface area contributed by atoms with Crippen molar-refractivity contribution < 1.29 is 48.3 Å². The fourth-order valence-corrected chi connectivity index (χ4v) is 7.35. The lowest BCUT2D eigenvalue weighted by Gasteiger charge is -2.59. The van der Waals surface area contributed by atoms with Crippen molar-refractivity contribution in [1.29, 1.82) is 0 Å². The molecule has 0 aromatic rings. The van der Waals surface area contributed by atoms with E-state index in [-0.39, 0.29) is 48.9 Å². The van der Waals surface area contributed by atoms with Crippen LogP contribution in [0.25, 0.3) is 0 Å². The second-order valence-electron chi connectivity index (χ2n) is 14.0. The lowest BCUT2D eigenvalue weighted by Crippen LogP contribution is -2.70. The molecule has 12 heteroatoms. The van der Waals surface area contributed by atoms with Gasteiger partial charge in [0.05, 0.1) is 6.42 Å². The van der Waals surface area contributed by atoms with E-state index in [2.05, 4.69) is 17.6 Å². The first kappa shape index (κ1) is 33.6. The number of carboxylic acid groups (broad SMARTS) is 1. The minimum Gasteiger partial charge on any atom is -0.480 e. The number of aliphatic carboxylic acids is 1. The summed E-state index contributed by atoms with van der Waals surface area (Å²) >= 11 is 0. The average Bonchev–Trinajstić information content (AvgIpc) is 3.14. The van der Waals surface area contributed by atoms with Crippen LogP contribution in [0.3, 0.4) is 0 Å². The SMILES string of the molecule is CC(C)C[C@H](NC(=O)[C@H](CC(C)C)NC(=O)CCC(=O)O[C@@H]1O[C@@H]2OC3(C)CC[C@H]4[C@H](C)CC[C@@H]([C@H]1C)[C@@]24OO3)C(=O)O. The summed E-state index contributed by atoms with van der Waals surface area (Å²) in [7, 11) is 0. The fourth-order valence-electron chi connectivity index (χ4n) is 7.35. The molecule has 1 saturated carbocycles. The van der Waals surface area contributed by atoms with Crippen LogP contribution in [0.2, 0.25) is 0 Å². The van der Waals surface area contributed by atoms with Crippen molar-refractivity contribution in [3.05, 3.63) is 0 Å². The maximum Gasteiger partial charge on any atom is 0.326 e. The van der Waals surface area contributed by atoms with Gasteiger partial charge >= 0.3 is 11.9 Å². The fraction of sp³-hybridized carbons (Fsp3) is 0.871. The molecule has 1 spiro atoms. The second kappa shape index (κ2) is 13.4. The molecule has 3 N–H and O–H groups in total. The van der Waals surface area contributed by atoms with Crippen molar-refractivity contribution in [2.75, 3.05) is 0 Å². The third-order valence-electron chi connectivity index (χ3n) is 9.58. The molecule has 43 heavy (non-hydrogen) atoms. The highest BCUT2D eigenvalue weighted by atomic mass is 17.3. The average molecular weight is 611 g/mol. The Bertz CT molecular complexity index is 1050. The number of rotatable bonds is 12. The van der Waals surface area contributed by atoms with Gasteiger partial charge in [-0.15, -0.1) is 0 Å². The van der Waals surface area contributed by atoms with E-state index < -0.39 is 59.8 Å². The van der Waals surface area contributed by atoms with Gasteiger partial charge in [-0.2, -0.15) is 0 Å². The number of esters is 1. The monoisotopic (exact) mass is 610 g/mol. The Morgan fingerprint density at radius 3 is 2.23 bits per heavy atom. The first-order valence-electron chi connectivity index (χ1n) is 15.9. The van der Waals surface area contributed by atoms with Gasteiger partial charge in [0, 0.05) is 24.7 Å². The Labute approximate surface area is 254 Å². The van der Waals surface area contributed by atoms with Gasteiger partial charge < -0.3 is 30.0 Å². The molecule has 5 aliphatic rings. The van der Waals surface area contributed by atoms with Gasteiger partial charge in [-0.3, -0.25) is 14.4 Å². The van der Waals surface area contributed by atoms with E-state index in [4.69, 9.17) is 24.0 Å². The third-order valence-corrected chi connectivity index (χ3v) is 9.58. The largest absolute Gasteiger partial charge is 0.480 e. The Morgan fingerprint density at radius 1 is 0.907 bits per heavy atom. The van der Waals surface area contributed by atoms with Gasteiger partial charge in [0.1, 0.15) is 12.1 Å². The van der Waals surface area contributed by atoms with Crippen molar-refractivity contribution in [3.63, 3.8) is 0 Å². The normalized spacial score (nSPS) is 36.3. The third kappa shape index (κ3) is 7.34. The molecule has 4 saturated heterocycles. The summed E-state index contributed by atoms with van der Waals surface area (Å²) in [6.45, 7) is 13.6. The van der Waals surface area contributed by atoms with Crippen molar-refractivity contribution in [3.8, 4) is 0 Å². The first-order valence-corrected chi connectivity index (χ1v) is 15.9. The number of carbonyl (C=O) groups is 4. The molecule has 5 fully saturated rings. The number of carboxylic acids is 1. The molecule has 2 bridgehead atoms. The number of carbonyl (C=O) groups excluding carboxylic acids is 3. The predicted molar refractivity (Wildman–Crippen MR) is 153 cm³/mol. The molecule has 1 unspecified atom stereocenters. The first-order chi connectivity index (χ1) is 20.1. The number of ether oxygens (including phenoxy) is 3.